The standard InChI is InChI=1S/C16H17N5OS/c1-2-22-11-13-15(12-6-3-4-7-17-12)21-16(23-13)20-10-14-18-8-5-9-19-14/h3-9H,2,10-11H2,1H3,(H,20,21). The molecule has 118 valence electrons. The molecule has 6 nitrogen and oxygen atoms in total. The average Bonchev–Trinajstić information content (AvgIpc) is 3.03. The van der Waals surface area contributed by atoms with Crippen molar-refractivity contribution in [3.05, 3.63) is 53.6 Å². The Bertz CT molecular complexity index is 733. The van der Waals surface area contributed by atoms with Crippen LogP contribution >= 0.6 is 11.3 Å². The largest absolute Gasteiger partial charge is 0.376 e. The summed E-state index contributed by atoms with van der Waals surface area (Å²) in [5, 5.41) is 4.08. The Morgan fingerprint density at radius 2 is 1.91 bits per heavy atom. The third-order valence-corrected chi connectivity index (χ3v) is 4.05. The number of nitrogens with one attached hydrogen (secondary N) is 1. The summed E-state index contributed by atoms with van der Waals surface area (Å²) in [5.41, 5.74) is 1.71. The summed E-state index contributed by atoms with van der Waals surface area (Å²) in [6.45, 7) is 3.71. The predicted octanol–water partition coefficient (Wildman–Crippen LogP) is 3.14. The summed E-state index contributed by atoms with van der Waals surface area (Å²) >= 11 is 1.57. The number of pyridine rings is 1. The van der Waals surface area contributed by atoms with E-state index >= 15 is 0 Å². The Labute approximate surface area is 138 Å². The smallest absolute Gasteiger partial charge is 0.184 e. The van der Waals surface area contributed by atoms with Gasteiger partial charge < -0.3 is 10.1 Å². The molecule has 0 amide bonds. The molecular weight excluding hydrogens is 310 g/mol. The van der Waals surface area contributed by atoms with Gasteiger partial charge in [0, 0.05) is 25.2 Å². The van der Waals surface area contributed by atoms with Gasteiger partial charge in [0.1, 0.15) is 11.5 Å². The van der Waals surface area contributed by atoms with Crippen LogP contribution in [0.3, 0.4) is 0 Å². The number of ether oxygens (including phenoxy) is 1. The molecule has 3 aromatic heterocycles. The van der Waals surface area contributed by atoms with Crippen LogP contribution in [0.5, 0.6) is 0 Å². The van der Waals surface area contributed by atoms with Crippen LogP contribution in [0.4, 0.5) is 5.13 Å². The third kappa shape index (κ3) is 4.08. The van der Waals surface area contributed by atoms with Crippen LogP contribution in [0, 0.1) is 0 Å². The first-order valence-electron chi connectivity index (χ1n) is 7.35. The topological polar surface area (TPSA) is 72.8 Å². The van der Waals surface area contributed by atoms with Gasteiger partial charge in [0.2, 0.25) is 0 Å². The van der Waals surface area contributed by atoms with E-state index in [0.717, 1.165) is 27.2 Å². The minimum Gasteiger partial charge on any atom is -0.376 e. The highest BCUT2D eigenvalue weighted by atomic mass is 32.1. The molecule has 3 rings (SSSR count). The first-order valence-corrected chi connectivity index (χ1v) is 8.17. The quantitative estimate of drug-likeness (QED) is 0.719. The van der Waals surface area contributed by atoms with Crippen LogP contribution in [0.15, 0.2) is 42.9 Å². The summed E-state index contributed by atoms with van der Waals surface area (Å²) in [7, 11) is 0. The van der Waals surface area contributed by atoms with E-state index in [2.05, 4.69) is 25.3 Å². The number of hydrogen-bond acceptors (Lipinski definition) is 7. The Kier molecular flexibility index (Phi) is 5.23. The molecule has 0 saturated heterocycles. The van der Waals surface area contributed by atoms with E-state index in [1.807, 2.05) is 25.1 Å². The van der Waals surface area contributed by atoms with E-state index in [1.165, 1.54) is 0 Å². The molecule has 0 aromatic carbocycles. The van der Waals surface area contributed by atoms with Gasteiger partial charge in [0.15, 0.2) is 5.13 Å². The molecule has 0 bridgehead atoms. The van der Waals surface area contributed by atoms with Crippen LogP contribution in [-0.2, 0) is 17.9 Å². The summed E-state index contributed by atoms with van der Waals surface area (Å²) in [5.74, 6) is 0.730. The van der Waals surface area contributed by atoms with Crippen LogP contribution in [0.2, 0.25) is 0 Å². The van der Waals surface area contributed by atoms with Gasteiger partial charge in [-0.3, -0.25) is 4.98 Å². The molecule has 0 saturated carbocycles. The number of aromatic nitrogens is 4. The Balaban J connectivity index is 1.80. The molecule has 0 aliphatic rings. The zero-order valence-corrected chi connectivity index (χ0v) is 13.6. The predicted molar refractivity (Wildman–Crippen MR) is 90.0 cm³/mol. The molecule has 0 aliphatic carbocycles. The first-order chi connectivity index (χ1) is 11.4. The highest BCUT2D eigenvalue weighted by Crippen LogP contribution is 2.30. The Morgan fingerprint density at radius 1 is 1.09 bits per heavy atom. The second-order valence-corrected chi connectivity index (χ2v) is 5.75. The molecule has 3 heterocycles. The number of nitrogens with zero attached hydrogens (tertiary/aromatic N) is 4. The van der Waals surface area contributed by atoms with Gasteiger partial charge in [-0.1, -0.05) is 17.4 Å². The van der Waals surface area contributed by atoms with E-state index in [9.17, 15) is 0 Å². The lowest BCUT2D eigenvalue weighted by Gasteiger charge is -2.01. The minimum absolute atomic E-state index is 0.531. The van der Waals surface area contributed by atoms with Crippen LogP contribution < -0.4 is 5.32 Å². The molecule has 0 unspecified atom stereocenters. The van der Waals surface area contributed by atoms with Crippen molar-refractivity contribution in [2.45, 2.75) is 20.1 Å². The molecule has 1 N–H and O–H groups in total. The first kappa shape index (κ1) is 15.5. The van der Waals surface area contributed by atoms with E-state index in [1.54, 1.807) is 36.0 Å². The lowest BCUT2D eigenvalue weighted by molar-refractivity contribution is 0.136. The molecule has 23 heavy (non-hydrogen) atoms. The maximum atomic E-state index is 5.55. The molecule has 0 aliphatic heterocycles. The number of hydrogen-bond donors (Lipinski definition) is 1. The molecule has 0 spiro atoms. The summed E-state index contributed by atoms with van der Waals surface area (Å²) in [4.78, 5) is 18.5. The SMILES string of the molecule is CCOCc1sc(NCc2ncccn2)nc1-c1ccccn1. The van der Waals surface area contributed by atoms with E-state index in [-0.39, 0.29) is 0 Å². The van der Waals surface area contributed by atoms with Gasteiger partial charge in [0.25, 0.3) is 0 Å². The van der Waals surface area contributed by atoms with Gasteiger partial charge in [-0.15, -0.1) is 0 Å². The van der Waals surface area contributed by atoms with Crippen LogP contribution in [0.25, 0.3) is 11.4 Å². The molecule has 7 heteroatoms. The Morgan fingerprint density at radius 3 is 2.65 bits per heavy atom. The Hall–Kier alpha value is -2.38. The molecule has 0 fully saturated rings. The monoisotopic (exact) mass is 327 g/mol. The van der Waals surface area contributed by atoms with Crippen LogP contribution in [0.1, 0.15) is 17.6 Å². The minimum atomic E-state index is 0.531. The maximum Gasteiger partial charge on any atom is 0.184 e. The van der Waals surface area contributed by atoms with E-state index in [4.69, 9.17) is 4.74 Å². The molecule has 0 atom stereocenters. The zero-order chi connectivity index (χ0) is 15.9. The van der Waals surface area contributed by atoms with Gasteiger partial charge in [-0.05, 0) is 25.1 Å². The van der Waals surface area contributed by atoms with Crippen molar-refractivity contribution in [1.82, 2.24) is 19.9 Å². The van der Waals surface area contributed by atoms with E-state index in [0.29, 0.717) is 19.8 Å². The van der Waals surface area contributed by atoms with Gasteiger partial charge in [-0.25, -0.2) is 15.0 Å². The number of thiazole rings is 1. The molecule has 0 radical (unpaired) electrons. The number of anilines is 1. The lowest BCUT2D eigenvalue weighted by Crippen LogP contribution is -2.03. The normalized spacial score (nSPS) is 10.7. The van der Waals surface area contributed by atoms with Crippen molar-refractivity contribution in [2.24, 2.45) is 0 Å². The van der Waals surface area contributed by atoms with Gasteiger partial charge in [-0.2, -0.15) is 0 Å². The van der Waals surface area contributed by atoms with Crippen molar-refractivity contribution in [3.63, 3.8) is 0 Å². The van der Waals surface area contributed by atoms with Gasteiger partial charge >= 0.3 is 0 Å². The fourth-order valence-corrected chi connectivity index (χ4v) is 2.90. The summed E-state index contributed by atoms with van der Waals surface area (Å²) in [6.07, 6.45) is 5.22. The summed E-state index contributed by atoms with van der Waals surface area (Å²) < 4.78 is 5.55. The molecule has 3 aromatic rings. The highest BCUT2D eigenvalue weighted by Gasteiger charge is 2.14. The maximum absolute atomic E-state index is 5.55. The summed E-state index contributed by atoms with van der Waals surface area (Å²) in [6, 6.07) is 7.60. The van der Waals surface area contributed by atoms with Crippen molar-refractivity contribution >= 4 is 16.5 Å². The lowest BCUT2D eigenvalue weighted by atomic mass is 10.2. The van der Waals surface area contributed by atoms with Crippen molar-refractivity contribution in [3.8, 4) is 11.4 Å². The van der Waals surface area contributed by atoms with Crippen LogP contribution in [-0.4, -0.2) is 26.5 Å². The third-order valence-electron chi connectivity index (χ3n) is 3.06. The van der Waals surface area contributed by atoms with Crippen molar-refractivity contribution in [1.29, 1.82) is 0 Å². The average molecular weight is 327 g/mol. The molecular formula is C16H17N5OS. The second kappa shape index (κ2) is 7.75. The van der Waals surface area contributed by atoms with Crippen molar-refractivity contribution in [2.75, 3.05) is 11.9 Å². The zero-order valence-electron chi connectivity index (χ0n) is 12.8. The van der Waals surface area contributed by atoms with E-state index < -0.39 is 0 Å². The number of rotatable bonds is 7. The van der Waals surface area contributed by atoms with Crippen molar-refractivity contribution < 1.29 is 4.74 Å². The second-order valence-electron chi connectivity index (χ2n) is 4.66. The fraction of sp³-hybridized carbons (Fsp3) is 0.250. The highest BCUT2D eigenvalue weighted by molar-refractivity contribution is 7.16. The van der Waals surface area contributed by atoms with Gasteiger partial charge in [0.05, 0.1) is 23.7 Å². The fourth-order valence-electron chi connectivity index (χ4n) is 2.00.